The van der Waals surface area contributed by atoms with Crippen LogP contribution in [0.3, 0.4) is 0 Å². The molecule has 94 valence electrons. The second kappa shape index (κ2) is 6.18. The van der Waals surface area contributed by atoms with Gasteiger partial charge in [0.2, 0.25) is 0 Å². The van der Waals surface area contributed by atoms with Gasteiger partial charge in [-0.05, 0) is 17.7 Å². The molecule has 17 heavy (non-hydrogen) atoms. The van der Waals surface area contributed by atoms with Gasteiger partial charge in [-0.3, -0.25) is 4.90 Å². The molecule has 1 atom stereocenters. The standard InChI is InChI=1S/C12H16BrFN2S/c13-11-7-9(14)1-2-10(11)12(8-15)16-3-5-17-6-4-16/h1-2,7,12H,3-6,8,15H2. The molecule has 1 aliphatic heterocycles. The zero-order chi connectivity index (χ0) is 12.3. The minimum absolute atomic E-state index is 0.186. The highest BCUT2D eigenvalue weighted by Gasteiger charge is 2.22. The summed E-state index contributed by atoms with van der Waals surface area (Å²) in [4.78, 5) is 2.38. The van der Waals surface area contributed by atoms with E-state index in [2.05, 4.69) is 20.8 Å². The Bertz CT molecular complexity index is 383. The Labute approximate surface area is 114 Å². The summed E-state index contributed by atoms with van der Waals surface area (Å²) >= 11 is 5.40. The van der Waals surface area contributed by atoms with Gasteiger partial charge in [-0.25, -0.2) is 4.39 Å². The normalized spacial score (nSPS) is 19.2. The van der Waals surface area contributed by atoms with Gasteiger partial charge in [0, 0.05) is 41.7 Å². The van der Waals surface area contributed by atoms with Gasteiger partial charge in [0.15, 0.2) is 0 Å². The van der Waals surface area contributed by atoms with Crippen molar-refractivity contribution in [2.75, 3.05) is 31.1 Å². The first-order valence-corrected chi connectivity index (χ1v) is 7.64. The molecule has 1 heterocycles. The van der Waals surface area contributed by atoms with Gasteiger partial charge in [0.05, 0.1) is 0 Å². The molecular formula is C12H16BrFN2S. The van der Waals surface area contributed by atoms with Crippen LogP contribution in [0.1, 0.15) is 11.6 Å². The van der Waals surface area contributed by atoms with E-state index in [9.17, 15) is 4.39 Å². The quantitative estimate of drug-likeness (QED) is 0.929. The van der Waals surface area contributed by atoms with Crippen LogP contribution in [-0.4, -0.2) is 36.0 Å². The molecule has 0 saturated carbocycles. The summed E-state index contributed by atoms with van der Waals surface area (Å²) in [7, 11) is 0. The van der Waals surface area contributed by atoms with Crippen LogP contribution in [0.2, 0.25) is 0 Å². The van der Waals surface area contributed by atoms with E-state index in [0.29, 0.717) is 6.54 Å². The van der Waals surface area contributed by atoms with Crippen molar-refractivity contribution in [2.24, 2.45) is 5.73 Å². The third-order valence-corrected chi connectivity index (χ3v) is 4.66. The van der Waals surface area contributed by atoms with E-state index < -0.39 is 0 Å². The van der Waals surface area contributed by atoms with Crippen molar-refractivity contribution in [3.05, 3.63) is 34.1 Å². The number of thioether (sulfide) groups is 1. The Morgan fingerprint density at radius 1 is 1.41 bits per heavy atom. The SMILES string of the molecule is NCC(c1ccc(F)cc1Br)N1CCSCC1. The van der Waals surface area contributed by atoms with Crippen LogP contribution in [-0.2, 0) is 0 Å². The lowest BCUT2D eigenvalue weighted by Gasteiger charge is -2.34. The molecule has 0 bridgehead atoms. The molecule has 2 N–H and O–H groups in total. The minimum atomic E-state index is -0.217. The molecule has 0 aromatic heterocycles. The molecule has 0 aliphatic carbocycles. The van der Waals surface area contributed by atoms with E-state index in [1.54, 1.807) is 0 Å². The summed E-state index contributed by atoms with van der Waals surface area (Å²) in [6, 6.07) is 5.03. The Hall–Kier alpha value is -0.100. The van der Waals surface area contributed by atoms with Gasteiger partial charge in [-0.2, -0.15) is 11.8 Å². The smallest absolute Gasteiger partial charge is 0.124 e. The van der Waals surface area contributed by atoms with Crippen molar-refractivity contribution < 1.29 is 4.39 Å². The zero-order valence-corrected chi connectivity index (χ0v) is 11.9. The van der Waals surface area contributed by atoms with E-state index in [1.165, 1.54) is 12.1 Å². The molecule has 1 aromatic carbocycles. The Morgan fingerprint density at radius 2 is 2.12 bits per heavy atom. The molecule has 2 nitrogen and oxygen atoms in total. The predicted octanol–water partition coefficient (Wildman–Crippen LogP) is 2.64. The van der Waals surface area contributed by atoms with Gasteiger partial charge in [-0.15, -0.1) is 0 Å². The Kier molecular flexibility index (Phi) is 4.85. The van der Waals surface area contributed by atoms with Gasteiger partial charge in [-0.1, -0.05) is 22.0 Å². The van der Waals surface area contributed by atoms with E-state index in [-0.39, 0.29) is 11.9 Å². The molecule has 2 rings (SSSR count). The minimum Gasteiger partial charge on any atom is -0.329 e. The number of hydrogen-bond donors (Lipinski definition) is 1. The lowest BCUT2D eigenvalue weighted by Crippen LogP contribution is -2.39. The lowest BCUT2D eigenvalue weighted by atomic mass is 10.1. The second-order valence-corrected chi connectivity index (χ2v) is 6.14. The molecule has 0 radical (unpaired) electrons. The third-order valence-electron chi connectivity index (χ3n) is 3.03. The Balaban J connectivity index is 2.21. The third kappa shape index (κ3) is 3.22. The van der Waals surface area contributed by atoms with Gasteiger partial charge in [0.1, 0.15) is 5.82 Å². The Morgan fingerprint density at radius 3 is 2.71 bits per heavy atom. The van der Waals surface area contributed by atoms with E-state index in [4.69, 9.17) is 5.73 Å². The van der Waals surface area contributed by atoms with Crippen LogP contribution in [0.25, 0.3) is 0 Å². The molecule has 1 aliphatic rings. The van der Waals surface area contributed by atoms with Gasteiger partial charge in [0.25, 0.3) is 0 Å². The maximum Gasteiger partial charge on any atom is 0.124 e. The first kappa shape index (κ1) is 13.3. The van der Waals surface area contributed by atoms with Crippen LogP contribution < -0.4 is 5.73 Å². The maximum atomic E-state index is 13.1. The summed E-state index contributed by atoms with van der Waals surface area (Å²) in [5.74, 6) is 2.08. The van der Waals surface area contributed by atoms with E-state index in [1.807, 2.05) is 17.8 Å². The topological polar surface area (TPSA) is 29.3 Å². The number of nitrogens with two attached hydrogens (primary N) is 1. The average molecular weight is 319 g/mol. The highest BCUT2D eigenvalue weighted by molar-refractivity contribution is 9.10. The van der Waals surface area contributed by atoms with E-state index >= 15 is 0 Å². The highest BCUT2D eigenvalue weighted by atomic mass is 79.9. The molecule has 1 aromatic rings. The number of benzene rings is 1. The summed E-state index contributed by atoms with van der Waals surface area (Å²) in [6.45, 7) is 2.67. The fourth-order valence-corrected chi connectivity index (χ4v) is 3.68. The molecule has 1 unspecified atom stereocenters. The molecular weight excluding hydrogens is 303 g/mol. The summed E-state index contributed by atoms with van der Waals surface area (Å²) in [5.41, 5.74) is 6.96. The molecule has 5 heteroatoms. The second-order valence-electron chi connectivity index (χ2n) is 4.07. The number of hydrogen-bond acceptors (Lipinski definition) is 3. The van der Waals surface area contributed by atoms with Crippen LogP contribution in [0.5, 0.6) is 0 Å². The van der Waals surface area contributed by atoms with Gasteiger partial charge >= 0.3 is 0 Å². The van der Waals surface area contributed by atoms with Crippen molar-refractivity contribution in [3.8, 4) is 0 Å². The number of nitrogens with zero attached hydrogens (tertiary/aromatic N) is 1. The van der Waals surface area contributed by atoms with Crippen molar-refractivity contribution in [2.45, 2.75) is 6.04 Å². The zero-order valence-electron chi connectivity index (χ0n) is 9.53. The van der Waals surface area contributed by atoms with Gasteiger partial charge < -0.3 is 5.73 Å². The molecule has 1 saturated heterocycles. The summed E-state index contributed by atoms with van der Waals surface area (Å²) in [6.07, 6.45) is 0. The van der Waals surface area contributed by atoms with Crippen LogP contribution >= 0.6 is 27.7 Å². The molecule has 0 amide bonds. The first-order valence-electron chi connectivity index (χ1n) is 5.69. The summed E-state index contributed by atoms with van der Waals surface area (Å²) < 4.78 is 13.9. The maximum absolute atomic E-state index is 13.1. The average Bonchev–Trinajstić information content (AvgIpc) is 2.34. The van der Waals surface area contributed by atoms with Crippen molar-refractivity contribution in [1.82, 2.24) is 4.90 Å². The van der Waals surface area contributed by atoms with Crippen LogP contribution in [0, 0.1) is 5.82 Å². The molecule has 1 fully saturated rings. The van der Waals surface area contributed by atoms with Crippen molar-refractivity contribution in [1.29, 1.82) is 0 Å². The fourth-order valence-electron chi connectivity index (χ4n) is 2.13. The van der Waals surface area contributed by atoms with Crippen LogP contribution in [0.15, 0.2) is 22.7 Å². The highest BCUT2D eigenvalue weighted by Crippen LogP contribution is 2.29. The summed E-state index contributed by atoms with van der Waals surface area (Å²) in [5, 5.41) is 0. The van der Waals surface area contributed by atoms with E-state index in [0.717, 1.165) is 34.6 Å². The number of halogens is 2. The monoisotopic (exact) mass is 318 g/mol. The number of rotatable bonds is 3. The largest absolute Gasteiger partial charge is 0.329 e. The predicted molar refractivity (Wildman–Crippen MR) is 74.8 cm³/mol. The fraction of sp³-hybridized carbons (Fsp3) is 0.500. The molecule has 0 spiro atoms. The van der Waals surface area contributed by atoms with Crippen LogP contribution in [0.4, 0.5) is 4.39 Å². The van der Waals surface area contributed by atoms with Crippen molar-refractivity contribution in [3.63, 3.8) is 0 Å². The van der Waals surface area contributed by atoms with Crippen molar-refractivity contribution >= 4 is 27.7 Å². The lowest BCUT2D eigenvalue weighted by molar-refractivity contribution is 0.222. The first-order chi connectivity index (χ1) is 8.22.